The molecule has 10 nitrogen and oxygen atoms in total. The third-order valence-corrected chi connectivity index (χ3v) is 6.71. The number of ether oxygens (including phenoxy) is 2. The first kappa shape index (κ1) is 25.8. The number of carboxylic acid groups (broad SMARTS) is 1. The number of nitrogens with zero attached hydrogens (tertiary/aromatic N) is 3. The van der Waals surface area contributed by atoms with E-state index < -0.39 is 18.2 Å². The number of rotatable bonds is 8. The Morgan fingerprint density at radius 2 is 1.72 bits per heavy atom. The fourth-order valence-electron chi connectivity index (χ4n) is 4.73. The molecule has 200 valence electrons. The van der Waals surface area contributed by atoms with Crippen LogP contribution < -0.4 is 10.2 Å². The minimum Gasteiger partial charge on any atom is -0.475 e. The molecule has 2 aromatic carbocycles. The second kappa shape index (κ2) is 11.7. The van der Waals surface area contributed by atoms with Gasteiger partial charge in [0.25, 0.3) is 12.2 Å². The molecule has 1 aromatic heterocycles. The van der Waals surface area contributed by atoms with Crippen LogP contribution in [0.4, 0.5) is 11.4 Å². The summed E-state index contributed by atoms with van der Waals surface area (Å²) in [6.07, 6.45) is 3.58. The zero-order valence-corrected chi connectivity index (χ0v) is 21.1. The molecule has 3 aromatic rings. The van der Waals surface area contributed by atoms with E-state index in [0.29, 0.717) is 43.9 Å². The third kappa shape index (κ3) is 6.01. The van der Waals surface area contributed by atoms with Gasteiger partial charge in [0.05, 0.1) is 17.4 Å². The molecule has 0 saturated carbocycles. The molecule has 2 atom stereocenters. The van der Waals surface area contributed by atoms with E-state index in [1.54, 1.807) is 35.5 Å². The molecule has 1 fully saturated rings. The highest BCUT2D eigenvalue weighted by atomic mass is 16.7. The summed E-state index contributed by atoms with van der Waals surface area (Å²) in [5.41, 5.74) is 2.83. The molecule has 2 N–H and O–H groups in total. The molecule has 1 saturated heterocycles. The average molecular weight is 529 g/mol. The van der Waals surface area contributed by atoms with E-state index in [1.165, 1.54) is 0 Å². The number of carbonyl (C=O) groups excluding carboxylic acids is 2. The van der Waals surface area contributed by atoms with Crippen LogP contribution in [-0.4, -0.2) is 65.2 Å². The Kier molecular flexibility index (Phi) is 7.72. The summed E-state index contributed by atoms with van der Waals surface area (Å²) in [5.74, 6) is -2.71. The van der Waals surface area contributed by atoms with Gasteiger partial charge in [0.1, 0.15) is 12.2 Å². The molecule has 2 aliphatic rings. The maximum Gasteiger partial charge on any atom is 0.374 e. The first-order valence-electron chi connectivity index (χ1n) is 12.6. The molecule has 2 aliphatic heterocycles. The largest absolute Gasteiger partial charge is 0.475 e. The monoisotopic (exact) mass is 528 g/mol. The number of amides is 2. The number of pyridine rings is 1. The normalized spacial score (nSPS) is 17.4. The van der Waals surface area contributed by atoms with E-state index in [1.807, 2.05) is 48.5 Å². The Hall–Kier alpha value is -4.86. The number of aromatic nitrogens is 1. The zero-order chi connectivity index (χ0) is 27.2. The van der Waals surface area contributed by atoms with Gasteiger partial charge in [-0.25, -0.2) is 4.79 Å². The van der Waals surface area contributed by atoms with Gasteiger partial charge in [-0.3, -0.25) is 14.6 Å². The average Bonchev–Trinajstić information content (AvgIpc) is 3.47. The second-order valence-corrected chi connectivity index (χ2v) is 9.23. The highest BCUT2D eigenvalue weighted by molar-refractivity contribution is 6.08. The second-order valence-electron chi connectivity index (χ2n) is 9.23. The Morgan fingerprint density at radius 3 is 2.41 bits per heavy atom. The van der Waals surface area contributed by atoms with Crippen LogP contribution in [0.25, 0.3) is 0 Å². The minimum atomic E-state index is -1.25. The Bertz CT molecular complexity index is 1360. The Labute approximate surface area is 225 Å². The van der Waals surface area contributed by atoms with Crippen LogP contribution in [0.5, 0.6) is 0 Å². The van der Waals surface area contributed by atoms with Crippen LogP contribution in [0.15, 0.2) is 91.1 Å². The summed E-state index contributed by atoms with van der Waals surface area (Å²) in [4.78, 5) is 45.9. The van der Waals surface area contributed by atoms with Crippen LogP contribution in [0.1, 0.15) is 15.9 Å². The number of anilines is 2. The maximum atomic E-state index is 13.7. The first-order valence-corrected chi connectivity index (χ1v) is 12.6. The fraction of sp³-hybridized carbons (Fsp3) is 0.241. The lowest BCUT2D eigenvalue weighted by Gasteiger charge is -2.38. The van der Waals surface area contributed by atoms with Crippen molar-refractivity contribution in [2.24, 2.45) is 5.92 Å². The van der Waals surface area contributed by atoms with Crippen LogP contribution >= 0.6 is 0 Å². The van der Waals surface area contributed by atoms with Crippen molar-refractivity contribution in [2.75, 3.05) is 36.4 Å². The van der Waals surface area contributed by atoms with Crippen molar-refractivity contribution in [1.29, 1.82) is 0 Å². The highest BCUT2D eigenvalue weighted by Crippen LogP contribution is 2.28. The quantitative estimate of drug-likeness (QED) is 0.458. The lowest BCUT2D eigenvalue weighted by Crippen LogP contribution is -2.52. The third-order valence-electron chi connectivity index (χ3n) is 6.71. The summed E-state index contributed by atoms with van der Waals surface area (Å²) in [6.45, 7) is 1.89. The van der Waals surface area contributed by atoms with Crippen LogP contribution in [0, 0.1) is 5.92 Å². The number of carboxylic acids is 1. The van der Waals surface area contributed by atoms with Gasteiger partial charge < -0.3 is 29.7 Å². The predicted molar refractivity (Wildman–Crippen MR) is 143 cm³/mol. The van der Waals surface area contributed by atoms with Crippen molar-refractivity contribution in [1.82, 2.24) is 9.88 Å². The first-order chi connectivity index (χ1) is 19.0. The van der Waals surface area contributed by atoms with Crippen LogP contribution in [-0.2, 0) is 25.5 Å². The molecule has 0 spiro atoms. The summed E-state index contributed by atoms with van der Waals surface area (Å²) in [6, 6.07) is 20.4. The fourth-order valence-corrected chi connectivity index (χ4v) is 4.73. The van der Waals surface area contributed by atoms with Gasteiger partial charge in [0, 0.05) is 38.1 Å². The molecule has 3 heterocycles. The number of hydrogen-bond donors (Lipinski definition) is 2. The summed E-state index contributed by atoms with van der Waals surface area (Å²) >= 11 is 0. The van der Waals surface area contributed by atoms with Gasteiger partial charge in [-0.15, -0.1) is 0 Å². The van der Waals surface area contributed by atoms with E-state index in [0.717, 1.165) is 17.5 Å². The van der Waals surface area contributed by atoms with Crippen molar-refractivity contribution < 1.29 is 29.0 Å². The van der Waals surface area contributed by atoms with Gasteiger partial charge in [-0.05, 0) is 36.2 Å². The van der Waals surface area contributed by atoms with E-state index in [-0.39, 0.29) is 17.6 Å². The van der Waals surface area contributed by atoms with Crippen molar-refractivity contribution in [3.63, 3.8) is 0 Å². The molecular weight excluding hydrogens is 500 g/mol. The molecule has 2 unspecified atom stereocenters. The molecule has 39 heavy (non-hydrogen) atoms. The minimum absolute atomic E-state index is 0.175. The molecule has 0 bridgehead atoms. The van der Waals surface area contributed by atoms with Gasteiger partial charge in [0.15, 0.2) is 0 Å². The SMILES string of the molecule is O=C(O)C1=COC(C(Cc2ccccc2)C(=O)N2CCN(c3ccccc3C(=O)Nc3cccnc3)CC2)O1. The van der Waals surface area contributed by atoms with Crippen molar-refractivity contribution in [3.05, 3.63) is 102 Å². The molecular formula is C29H28N4O6. The number of hydrogen-bond acceptors (Lipinski definition) is 7. The molecule has 2 amide bonds. The zero-order valence-electron chi connectivity index (χ0n) is 21.1. The van der Waals surface area contributed by atoms with Gasteiger partial charge in [0.2, 0.25) is 11.7 Å². The standard InChI is InChI=1S/C29H28N4O6/c34-26(31-21-9-6-12-30-18-21)22-10-4-5-11-24(22)32-13-15-33(16-14-32)27(35)23(17-20-7-2-1-3-8-20)29-38-19-25(39-29)28(36)37/h1-12,18-19,23,29H,13-17H2,(H,31,34)(H,36,37). The summed E-state index contributed by atoms with van der Waals surface area (Å²) < 4.78 is 11.0. The summed E-state index contributed by atoms with van der Waals surface area (Å²) in [5, 5.41) is 12.1. The van der Waals surface area contributed by atoms with E-state index in [4.69, 9.17) is 9.47 Å². The van der Waals surface area contributed by atoms with Crippen LogP contribution in [0.2, 0.25) is 0 Å². The van der Waals surface area contributed by atoms with E-state index in [9.17, 15) is 19.5 Å². The number of aliphatic carboxylic acids is 1. The highest BCUT2D eigenvalue weighted by Gasteiger charge is 2.39. The topological polar surface area (TPSA) is 121 Å². The van der Waals surface area contributed by atoms with Crippen molar-refractivity contribution in [3.8, 4) is 0 Å². The Morgan fingerprint density at radius 1 is 0.974 bits per heavy atom. The lowest BCUT2D eigenvalue weighted by molar-refractivity contribution is -0.155. The van der Waals surface area contributed by atoms with Crippen molar-refractivity contribution in [2.45, 2.75) is 12.7 Å². The van der Waals surface area contributed by atoms with E-state index in [2.05, 4.69) is 15.2 Å². The number of piperazine rings is 1. The number of carbonyl (C=O) groups is 3. The molecule has 10 heteroatoms. The van der Waals surface area contributed by atoms with Crippen LogP contribution in [0.3, 0.4) is 0 Å². The van der Waals surface area contributed by atoms with Gasteiger partial charge >= 0.3 is 5.97 Å². The van der Waals surface area contributed by atoms with E-state index >= 15 is 0 Å². The number of nitrogens with one attached hydrogen (secondary N) is 1. The smallest absolute Gasteiger partial charge is 0.374 e. The number of benzene rings is 2. The summed E-state index contributed by atoms with van der Waals surface area (Å²) in [7, 11) is 0. The molecule has 0 aliphatic carbocycles. The van der Waals surface area contributed by atoms with Crippen molar-refractivity contribution >= 4 is 29.2 Å². The molecule has 0 radical (unpaired) electrons. The number of para-hydroxylation sites is 1. The van der Waals surface area contributed by atoms with Gasteiger partial charge in [-0.2, -0.15) is 0 Å². The molecule has 5 rings (SSSR count). The predicted octanol–water partition coefficient (Wildman–Crippen LogP) is 3.14. The maximum absolute atomic E-state index is 13.7. The Balaban J connectivity index is 1.27. The van der Waals surface area contributed by atoms with Gasteiger partial charge in [-0.1, -0.05) is 42.5 Å². The lowest BCUT2D eigenvalue weighted by atomic mass is 9.96.